The lowest BCUT2D eigenvalue weighted by atomic mass is 10.2. The standard InChI is InChI=1S/C14H25N3OS/c18-14(11-19-13-3-5-15-6-4-13)17-9-7-16(8-10-17)12-1-2-12/h12-13,15H,1-11H2. The normalized spacial score (nSPS) is 26.6. The van der Waals surface area contributed by atoms with Crippen molar-refractivity contribution in [1.82, 2.24) is 15.1 Å². The van der Waals surface area contributed by atoms with Crippen molar-refractivity contribution < 1.29 is 4.79 Å². The molecule has 2 aliphatic heterocycles. The molecule has 19 heavy (non-hydrogen) atoms. The number of hydrogen-bond acceptors (Lipinski definition) is 4. The summed E-state index contributed by atoms with van der Waals surface area (Å²) in [6.07, 6.45) is 5.18. The highest BCUT2D eigenvalue weighted by Gasteiger charge is 2.32. The Morgan fingerprint density at radius 3 is 2.37 bits per heavy atom. The maximum Gasteiger partial charge on any atom is 0.232 e. The number of carbonyl (C=O) groups is 1. The van der Waals surface area contributed by atoms with Gasteiger partial charge in [0.1, 0.15) is 0 Å². The molecule has 0 radical (unpaired) electrons. The van der Waals surface area contributed by atoms with Crippen LogP contribution in [0.1, 0.15) is 25.7 Å². The van der Waals surface area contributed by atoms with Crippen LogP contribution >= 0.6 is 11.8 Å². The van der Waals surface area contributed by atoms with Crippen molar-refractivity contribution >= 4 is 17.7 Å². The number of nitrogens with zero attached hydrogens (tertiary/aromatic N) is 2. The zero-order valence-corrected chi connectivity index (χ0v) is 12.5. The van der Waals surface area contributed by atoms with E-state index in [0.29, 0.717) is 16.9 Å². The molecule has 3 aliphatic rings. The van der Waals surface area contributed by atoms with Crippen molar-refractivity contribution in [1.29, 1.82) is 0 Å². The van der Waals surface area contributed by atoms with E-state index >= 15 is 0 Å². The summed E-state index contributed by atoms with van der Waals surface area (Å²) in [6, 6.07) is 0.848. The monoisotopic (exact) mass is 283 g/mol. The second-order valence-corrected chi connectivity index (χ2v) is 7.20. The number of amides is 1. The van der Waals surface area contributed by atoms with E-state index in [1.165, 1.54) is 25.7 Å². The average molecular weight is 283 g/mol. The molecule has 2 heterocycles. The second kappa shape index (κ2) is 6.46. The molecule has 1 aliphatic carbocycles. The van der Waals surface area contributed by atoms with Crippen molar-refractivity contribution in [2.45, 2.75) is 37.0 Å². The Labute approximate surface area is 120 Å². The van der Waals surface area contributed by atoms with E-state index in [9.17, 15) is 4.79 Å². The molecule has 2 saturated heterocycles. The minimum atomic E-state index is 0.360. The molecule has 1 saturated carbocycles. The zero-order chi connectivity index (χ0) is 13.1. The minimum Gasteiger partial charge on any atom is -0.339 e. The van der Waals surface area contributed by atoms with E-state index in [-0.39, 0.29) is 0 Å². The predicted octanol–water partition coefficient (Wildman–Crippen LogP) is 0.778. The van der Waals surface area contributed by atoms with Crippen molar-refractivity contribution in [2.24, 2.45) is 0 Å². The van der Waals surface area contributed by atoms with Crippen LogP contribution in [0.2, 0.25) is 0 Å². The van der Waals surface area contributed by atoms with Gasteiger partial charge in [0.2, 0.25) is 5.91 Å². The average Bonchev–Trinajstić information content (AvgIpc) is 3.31. The van der Waals surface area contributed by atoms with E-state index in [0.717, 1.165) is 45.3 Å². The minimum absolute atomic E-state index is 0.360. The van der Waals surface area contributed by atoms with Crippen LogP contribution in [0.3, 0.4) is 0 Å². The summed E-state index contributed by atoms with van der Waals surface area (Å²) in [6.45, 7) is 6.31. The van der Waals surface area contributed by atoms with Crippen LogP contribution in [0.25, 0.3) is 0 Å². The van der Waals surface area contributed by atoms with Crippen molar-refractivity contribution in [2.75, 3.05) is 45.0 Å². The van der Waals surface area contributed by atoms with Gasteiger partial charge in [0.15, 0.2) is 0 Å². The predicted molar refractivity (Wildman–Crippen MR) is 79.5 cm³/mol. The Balaban J connectivity index is 1.35. The van der Waals surface area contributed by atoms with E-state index in [1.807, 2.05) is 11.8 Å². The number of piperazine rings is 1. The molecular weight excluding hydrogens is 258 g/mol. The number of nitrogens with one attached hydrogen (secondary N) is 1. The van der Waals surface area contributed by atoms with Crippen LogP contribution in [0.15, 0.2) is 0 Å². The molecule has 108 valence electrons. The quantitative estimate of drug-likeness (QED) is 0.827. The summed E-state index contributed by atoms with van der Waals surface area (Å²) in [5.74, 6) is 1.05. The fourth-order valence-corrected chi connectivity index (χ4v) is 4.15. The second-order valence-electron chi connectivity index (χ2n) is 5.91. The van der Waals surface area contributed by atoms with E-state index in [1.54, 1.807) is 0 Å². The van der Waals surface area contributed by atoms with Gasteiger partial charge >= 0.3 is 0 Å². The lowest BCUT2D eigenvalue weighted by Gasteiger charge is -2.35. The molecular formula is C14H25N3OS. The lowest BCUT2D eigenvalue weighted by Crippen LogP contribution is -2.50. The van der Waals surface area contributed by atoms with Crippen LogP contribution < -0.4 is 5.32 Å². The topological polar surface area (TPSA) is 35.6 Å². The number of hydrogen-bond donors (Lipinski definition) is 1. The molecule has 1 amide bonds. The van der Waals surface area contributed by atoms with Gasteiger partial charge in [0.25, 0.3) is 0 Å². The Bertz CT molecular complexity index is 308. The first kappa shape index (κ1) is 13.7. The first-order valence-corrected chi connectivity index (χ1v) is 8.72. The van der Waals surface area contributed by atoms with Crippen molar-refractivity contribution in [3.8, 4) is 0 Å². The summed E-state index contributed by atoms with van der Waals surface area (Å²) in [5.41, 5.74) is 0. The zero-order valence-electron chi connectivity index (χ0n) is 11.6. The van der Waals surface area contributed by atoms with Crippen LogP contribution in [0, 0.1) is 0 Å². The summed E-state index contributed by atoms with van der Waals surface area (Å²) in [7, 11) is 0. The van der Waals surface area contributed by atoms with Crippen LogP contribution in [-0.4, -0.2) is 72.0 Å². The van der Waals surface area contributed by atoms with Gasteiger partial charge in [-0.05, 0) is 38.8 Å². The van der Waals surface area contributed by atoms with Crippen molar-refractivity contribution in [3.05, 3.63) is 0 Å². The van der Waals surface area contributed by atoms with Gasteiger partial charge in [0.05, 0.1) is 5.75 Å². The number of thioether (sulfide) groups is 1. The summed E-state index contributed by atoms with van der Waals surface area (Å²) < 4.78 is 0. The van der Waals surface area contributed by atoms with Gasteiger partial charge in [-0.25, -0.2) is 0 Å². The lowest BCUT2D eigenvalue weighted by molar-refractivity contribution is -0.130. The molecule has 5 heteroatoms. The fraction of sp³-hybridized carbons (Fsp3) is 0.929. The maximum absolute atomic E-state index is 12.2. The van der Waals surface area contributed by atoms with Gasteiger partial charge in [0, 0.05) is 37.5 Å². The molecule has 0 spiro atoms. The summed E-state index contributed by atoms with van der Waals surface area (Å²) in [4.78, 5) is 16.8. The van der Waals surface area contributed by atoms with Crippen LogP contribution in [0.4, 0.5) is 0 Å². The molecule has 0 aromatic heterocycles. The first-order valence-electron chi connectivity index (χ1n) is 7.67. The molecule has 4 nitrogen and oxygen atoms in total. The number of piperidine rings is 1. The van der Waals surface area contributed by atoms with Gasteiger partial charge in [-0.15, -0.1) is 11.8 Å². The van der Waals surface area contributed by atoms with Crippen molar-refractivity contribution in [3.63, 3.8) is 0 Å². The molecule has 0 aromatic carbocycles. The third-order valence-electron chi connectivity index (χ3n) is 4.46. The SMILES string of the molecule is O=C(CSC1CCNCC1)N1CCN(C2CC2)CC1. The molecule has 0 atom stereocenters. The molecule has 1 N–H and O–H groups in total. The summed E-state index contributed by atoms with van der Waals surface area (Å²) in [5, 5.41) is 4.07. The first-order chi connectivity index (χ1) is 9.33. The van der Waals surface area contributed by atoms with Crippen LogP contribution in [-0.2, 0) is 4.79 Å². The van der Waals surface area contributed by atoms with Gasteiger partial charge in [-0.2, -0.15) is 0 Å². The van der Waals surface area contributed by atoms with Gasteiger partial charge in [-0.1, -0.05) is 0 Å². The van der Waals surface area contributed by atoms with E-state index in [4.69, 9.17) is 0 Å². The smallest absolute Gasteiger partial charge is 0.232 e. The maximum atomic E-state index is 12.2. The fourth-order valence-electron chi connectivity index (χ4n) is 3.02. The highest BCUT2D eigenvalue weighted by molar-refractivity contribution is 8.00. The molecule has 3 rings (SSSR count). The van der Waals surface area contributed by atoms with E-state index < -0.39 is 0 Å². The molecule has 0 aromatic rings. The number of carbonyl (C=O) groups excluding carboxylic acids is 1. The summed E-state index contributed by atoms with van der Waals surface area (Å²) >= 11 is 1.87. The van der Waals surface area contributed by atoms with Gasteiger partial charge in [-0.3, -0.25) is 9.69 Å². The highest BCUT2D eigenvalue weighted by atomic mass is 32.2. The Hall–Kier alpha value is -0.260. The highest BCUT2D eigenvalue weighted by Crippen LogP contribution is 2.27. The third-order valence-corrected chi connectivity index (χ3v) is 5.82. The Morgan fingerprint density at radius 1 is 1.05 bits per heavy atom. The Morgan fingerprint density at radius 2 is 1.74 bits per heavy atom. The number of rotatable bonds is 4. The molecule has 3 fully saturated rings. The third kappa shape index (κ3) is 3.86. The molecule has 0 unspecified atom stereocenters. The van der Waals surface area contributed by atoms with Crippen LogP contribution in [0.5, 0.6) is 0 Å². The largest absolute Gasteiger partial charge is 0.339 e. The van der Waals surface area contributed by atoms with Gasteiger partial charge < -0.3 is 10.2 Å². The molecule has 0 bridgehead atoms. The van der Waals surface area contributed by atoms with E-state index in [2.05, 4.69) is 15.1 Å². The Kier molecular flexibility index (Phi) is 4.66.